The van der Waals surface area contributed by atoms with Crippen molar-refractivity contribution in [1.82, 2.24) is 0 Å². The Morgan fingerprint density at radius 1 is 0.654 bits per heavy atom. The molecule has 19 nitrogen and oxygen atoms in total. The van der Waals surface area contributed by atoms with Crippen molar-refractivity contribution >= 4 is 11.0 Å². The minimum Gasteiger partial charge on any atom is -0.508 e. The number of hydrogen-bond donors (Lipinski definition) is 11. The first-order valence-electron chi connectivity index (χ1n) is 16.2. The lowest BCUT2D eigenvalue weighted by Gasteiger charge is -2.46. The number of ether oxygens (including phenoxy) is 6. The van der Waals surface area contributed by atoms with Crippen LogP contribution in [0.1, 0.15) is 13.8 Å². The lowest BCUT2D eigenvalue weighted by Crippen LogP contribution is -2.63. The Balaban J connectivity index is 1.19. The molecular weight excluding hydrogens is 700 g/mol. The molecule has 3 fully saturated rings. The highest BCUT2D eigenvalue weighted by atomic mass is 16.7. The van der Waals surface area contributed by atoms with Gasteiger partial charge < -0.3 is 89.0 Å². The number of aliphatic hydroxyl groups excluding tert-OH is 8. The molecule has 1 aromatic heterocycles. The van der Waals surface area contributed by atoms with E-state index >= 15 is 0 Å². The third kappa shape index (κ3) is 7.16. The Morgan fingerprint density at radius 3 is 1.96 bits per heavy atom. The van der Waals surface area contributed by atoms with Gasteiger partial charge in [-0.05, 0) is 38.1 Å². The number of hydrogen-bond acceptors (Lipinski definition) is 19. The minimum absolute atomic E-state index is 0.125. The number of benzene rings is 2. The van der Waals surface area contributed by atoms with Crippen molar-refractivity contribution in [1.29, 1.82) is 0 Å². The quantitative estimate of drug-likeness (QED) is 0.113. The smallest absolute Gasteiger partial charge is 0.239 e. The summed E-state index contributed by atoms with van der Waals surface area (Å²) in [5.74, 6) is -2.12. The monoisotopic (exact) mass is 740 g/mol. The molecule has 52 heavy (non-hydrogen) atoms. The maximum atomic E-state index is 13.7. The second-order valence-corrected chi connectivity index (χ2v) is 12.9. The van der Waals surface area contributed by atoms with Crippen LogP contribution < -0.4 is 10.2 Å². The molecule has 0 radical (unpaired) electrons. The molecule has 6 rings (SSSR count). The Kier molecular flexibility index (Phi) is 11.0. The number of aromatic hydroxyl groups is 3. The van der Waals surface area contributed by atoms with Crippen molar-refractivity contribution in [2.24, 2.45) is 0 Å². The molecule has 0 saturated carbocycles. The lowest BCUT2D eigenvalue weighted by molar-refractivity contribution is -0.357. The van der Waals surface area contributed by atoms with E-state index in [-0.39, 0.29) is 22.7 Å². The molecule has 19 heteroatoms. The maximum Gasteiger partial charge on any atom is 0.239 e. The molecule has 0 aliphatic carbocycles. The molecule has 4 heterocycles. The maximum absolute atomic E-state index is 13.7. The zero-order chi connectivity index (χ0) is 37.8. The van der Waals surface area contributed by atoms with E-state index in [1.165, 1.54) is 38.1 Å². The van der Waals surface area contributed by atoms with Crippen LogP contribution in [0.4, 0.5) is 0 Å². The Bertz CT molecular complexity index is 1770. The fourth-order valence-corrected chi connectivity index (χ4v) is 6.25. The summed E-state index contributed by atoms with van der Waals surface area (Å²) < 4.78 is 39.6. The average molecular weight is 741 g/mol. The second kappa shape index (κ2) is 15.0. The van der Waals surface area contributed by atoms with Gasteiger partial charge in [0, 0.05) is 17.7 Å². The lowest BCUT2D eigenvalue weighted by atomic mass is 9.97. The summed E-state index contributed by atoms with van der Waals surface area (Å²) in [6.45, 7) is 2.22. The van der Waals surface area contributed by atoms with E-state index in [9.17, 15) is 61.0 Å². The fourth-order valence-electron chi connectivity index (χ4n) is 6.25. The van der Waals surface area contributed by atoms with Crippen LogP contribution in [0, 0.1) is 0 Å². The summed E-state index contributed by atoms with van der Waals surface area (Å²) in [5, 5.41) is 114. The zero-order valence-electron chi connectivity index (χ0n) is 27.5. The zero-order valence-corrected chi connectivity index (χ0v) is 27.5. The number of phenolic OH excluding ortho intramolecular Hbond substituents is 3. The predicted molar refractivity (Wildman–Crippen MR) is 170 cm³/mol. The highest BCUT2D eigenvalue weighted by Crippen LogP contribution is 2.38. The van der Waals surface area contributed by atoms with Crippen molar-refractivity contribution in [2.45, 2.75) is 106 Å². The Morgan fingerprint density at radius 2 is 1.27 bits per heavy atom. The molecule has 3 aliphatic heterocycles. The van der Waals surface area contributed by atoms with Gasteiger partial charge in [0.05, 0.1) is 18.8 Å². The van der Waals surface area contributed by atoms with E-state index < -0.39 is 127 Å². The van der Waals surface area contributed by atoms with Gasteiger partial charge in [0.1, 0.15) is 89.3 Å². The number of fused-ring (bicyclic) bond motifs is 1. The Hall–Kier alpha value is -3.67. The van der Waals surface area contributed by atoms with Gasteiger partial charge in [-0.3, -0.25) is 4.79 Å². The minimum atomic E-state index is -1.97. The van der Waals surface area contributed by atoms with Gasteiger partial charge in [-0.25, -0.2) is 0 Å². The summed E-state index contributed by atoms with van der Waals surface area (Å²) in [5.41, 5.74) is -1.05. The summed E-state index contributed by atoms with van der Waals surface area (Å²) in [4.78, 5) is 13.7. The number of rotatable bonds is 8. The molecule has 11 N–H and O–H groups in total. The van der Waals surface area contributed by atoms with Crippen LogP contribution in [0.25, 0.3) is 22.3 Å². The Labute approximate surface area is 293 Å². The predicted octanol–water partition coefficient (Wildman–Crippen LogP) is -2.54. The highest BCUT2D eigenvalue weighted by Gasteiger charge is 2.51. The molecule has 3 aliphatic rings. The van der Waals surface area contributed by atoms with Crippen LogP contribution in [0.15, 0.2) is 45.6 Å². The first-order chi connectivity index (χ1) is 24.6. The number of aliphatic hydroxyl groups is 8. The SMILES string of the molecule is C[C@H]1O[C@H](O[C@@H]2[C@H](O)[C@H](O)[C@@H](OC[C@@H]3O[C@H](Oc4c(-c5ccc(O)cc5)oc5cc(O)cc(O)c5c4=O)[C@@H](O)[C@H](O)[C@H]3O)O[C@@H]2C)[C@@H](O)[C@@H](O)[C@@H]1O. The third-order valence-electron chi connectivity index (χ3n) is 9.25. The van der Waals surface area contributed by atoms with Crippen LogP contribution in [0.5, 0.6) is 23.0 Å². The molecule has 15 atom stereocenters. The molecule has 3 saturated heterocycles. The average Bonchev–Trinajstić information content (AvgIpc) is 3.10. The van der Waals surface area contributed by atoms with Gasteiger partial charge in [0.15, 0.2) is 18.3 Å². The summed E-state index contributed by atoms with van der Waals surface area (Å²) >= 11 is 0. The molecule has 3 aromatic rings. The van der Waals surface area contributed by atoms with Gasteiger partial charge in [-0.2, -0.15) is 0 Å². The molecule has 286 valence electrons. The van der Waals surface area contributed by atoms with Crippen LogP contribution in [0.2, 0.25) is 0 Å². The summed E-state index contributed by atoms with van der Waals surface area (Å²) in [6, 6.07) is 7.24. The molecule has 0 bridgehead atoms. The topological polar surface area (TPSA) is 308 Å². The molecule has 2 aromatic carbocycles. The van der Waals surface area contributed by atoms with E-state index in [1.54, 1.807) is 0 Å². The van der Waals surface area contributed by atoms with Crippen molar-refractivity contribution in [3.05, 3.63) is 46.6 Å². The van der Waals surface area contributed by atoms with Crippen molar-refractivity contribution in [2.75, 3.05) is 6.61 Å². The largest absolute Gasteiger partial charge is 0.508 e. The van der Waals surface area contributed by atoms with E-state index in [1.807, 2.05) is 0 Å². The normalized spacial score (nSPS) is 38.3. The van der Waals surface area contributed by atoms with E-state index in [2.05, 4.69) is 0 Å². The first kappa shape index (κ1) is 38.1. The van der Waals surface area contributed by atoms with Gasteiger partial charge in [0.2, 0.25) is 17.5 Å². The van der Waals surface area contributed by atoms with E-state index in [0.717, 1.165) is 12.1 Å². The van der Waals surface area contributed by atoms with Crippen molar-refractivity contribution in [3.8, 4) is 34.3 Å². The molecule has 0 amide bonds. The van der Waals surface area contributed by atoms with E-state index in [4.69, 9.17) is 32.8 Å². The highest BCUT2D eigenvalue weighted by molar-refractivity contribution is 5.88. The van der Waals surface area contributed by atoms with E-state index in [0.29, 0.717) is 0 Å². The standard InChI is InChI=1S/C33H40O19/c1-10-19(37)22(40)25(43)32(47-10)51-28-11(2)48-31(27(45)24(28)42)46-9-17-20(38)23(41)26(44)33(50-17)52-30-21(39)18-15(36)7-14(35)8-16(18)49-29(30)12-3-5-13(34)6-4-12/h3-8,10-11,17,19-20,22-28,31-38,40-45H,9H2,1-2H3/t10-,11-,17+,19-,20+,22+,23-,24-,25+,26+,27+,28+,31+,32-,33-/m1/s1. The fraction of sp³-hybridized carbons (Fsp3) is 0.545. The van der Waals surface area contributed by atoms with Crippen LogP contribution in [-0.4, -0.2) is 155 Å². The first-order valence-corrected chi connectivity index (χ1v) is 16.2. The molecule has 0 unspecified atom stereocenters. The van der Waals surface area contributed by atoms with Crippen LogP contribution in [-0.2, 0) is 23.7 Å². The number of phenols is 3. The van der Waals surface area contributed by atoms with Gasteiger partial charge in [0.25, 0.3) is 0 Å². The van der Waals surface area contributed by atoms with Crippen LogP contribution >= 0.6 is 0 Å². The third-order valence-corrected chi connectivity index (χ3v) is 9.25. The van der Waals surface area contributed by atoms with Crippen molar-refractivity contribution < 1.29 is 89.0 Å². The van der Waals surface area contributed by atoms with Crippen molar-refractivity contribution in [3.63, 3.8) is 0 Å². The van der Waals surface area contributed by atoms with Crippen LogP contribution in [0.3, 0.4) is 0 Å². The van der Waals surface area contributed by atoms with Gasteiger partial charge >= 0.3 is 0 Å². The summed E-state index contributed by atoms with van der Waals surface area (Å²) in [7, 11) is 0. The second-order valence-electron chi connectivity index (χ2n) is 12.9. The van der Waals surface area contributed by atoms with Gasteiger partial charge in [-0.1, -0.05) is 0 Å². The molecular formula is C33H40O19. The molecule has 0 spiro atoms. The van der Waals surface area contributed by atoms with Gasteiger partial charge in [-0.15, -0.1) is 0 Å². The summed E-state index contributed by atoms with van der Waals surface area (Å²) in [6.07, 6.45) is -23.8.